The fraction of sp³-hybridized carbons (Fsp3) is 0.200. The van der Waals surface area contributed by atoms with Gasteiger partial charge in [-0.2, -0.15) is 0 Å². The largest absolute Gasteiger partial charge is 0.399 e. The quantitative estimate of drug-likeness (QED) is 0.887. The van der Waals surface area contributed by atoms with Gasteiger partial charge in [0.1, 0.15) is 10.7 Å². The minimum atomic E-state index is -4.00. The average Bonchev–Trinajstić information content (AvgIpc) is 2.39. The molecular weight excluding hydrogens is 291 g/mol. The first-order valence-electron chi connectivity index (χ1n) is 6.34. The lowest BCUT2D eigenvalue weighted by Crippen LogP contribution is -2.27. The maximum Gasteiger partial charge on any atom is 0.267 e. The minimum Gasteiger partial charge on any atom is -0.399 e. The molecule has 4 nitrogen and oxygen atoms in total. The van der Waals surface area contributed by atoms with Crippen LogP contribution in [-0.4, -0.2) is 15.5 Å². The van der Waals surface area contributed by atoms with Crippen LogP contribution in [0.4, 0.5) is 15.8 Å². The first-order valence-corrected chi connectivity index (χ1v) is 7.78. The summed E-state index contributed by atoms with van der Waals surface area (Å²) in [4.78, 5) is -0.427. The number of benzene rings is 2. The van der Waals surface area contributed by atoms with E-state index in [1.807, 2.05) is 19.9 Å². The molecule has 0 aliphatic heterocycles. The van der Waals surface area contributed by atoms with E-state index in [0.29, 0.717) is 5.69 Å². The summed E-state index contributed by atoms with van der Waals surface area (Å²) in [6, 6.07) is 8.90. The van der Waals surface area contributed by atoms with Crippen molar-refractivity contribution in [2.75, 3.05) is 17.1 Å². The molecule has 0 saturated carbocycles. The van der Waals surface area contributed by atoms with Gasteiger partial charge in [0.2, 0.25) is 0 Å². The molecular formula is C15H17FN2O2S. The van der Waals surface area contributed by atoms with Crippen LogP contribution in [0.15, 0.2) is 41.3 Å². The molecule has 0 aromatic heterocycles. The van der Waals surface area contributed by atoms with E-state index in [4.69, 9.17) is 5.73 Å². The van der Waals surface area contributed by atoms with Gasteiger partial charge in [-0.15, -0.1) is 0 Å². The molecule has 21 heavy (non-hydrogen) atoms. The molecule has 2 rings (SSSR count). The SMILES string of the molecule is Cc1cc(C)cc(N(C)S(=O)(=O)c2cc(N)ccc2F)c1. The Morgan fingerprint density at radius 3 is 2.19 bits per heavy atom. The van der Waals surface area contributed by atoms with E-state index in [9.17, 15) is 12.8 Å². The highest BCUT2D eigenvalue weighted by atomic mass is 32.2. The number of rotatable bonds is 3. The molecule has 0 bridgehead atoms. The number of anilines is 2. The first-order chi connectivity index (χ1) is 9.71. The normalized spacial score (nSPS) is 11.4. The summed E-state index contributed by atoms with van der Waals surface area (Å²) in [5.74, 6) is -0.819. The van der Waals surface area contributed by atoms with E-state index in [0.717, 1.165) is 27.6 Å². The lowest BCUT2D eigenvalue weighted by Gasteiger charge is -2.21. The molecule has 0 aliphatic rings. The van der Waals surface area contributed by atoms with Crippen molar-refractivity contribution in [3.63, 3.8) is 0 Å². The van der Waals surface area contributed by atoms with Crippen molar-refractivity contribution in [2.24, 2.45) is 0 Å². The number of nitrogens with zero attached hydrogens (tertiary/aromatic N) is 1. The highest BCUT2D eigenvalue weighted by Crippen LogP contribution is 2.26. The smallest absolute Gasteiger partial charge is 0.267 e. The van der Waals surface area contributed by atoms with Gasteiger partial charge in [0.15, 0.2) is 0 Å². The molecule has 2 N–H and O–H groups in total. The van der Waals surface area contributed by atoms with E-state index < -0.39 is 20.7 Å². The van der Waals surface area contributed by atoms with Gasteiger partial charge in [-0.25, -0.2) is 12.8 Å². The van der Waals surface area contributed by atoms with Crippen LogP contribution in [0.25, 0.3) is 0 Å². The van der Waals surface area contributed by atoms with E-state index in [2.05, 4.69) is 0 Å². The van der Waals surface area contributed by atoms with Gasteiger partial charge in [-0.05, 0) is 55.3 Å². The number of aryl methyl sites for hydroxylation is 2. The van der Waals surface area contributed by atoms with Crippen LogP contribution < -0.4 is 10.0 Å². The van der Waals surface area contributed by atoms with Crippen molar-refractivity contribution >= 4 is 21.4 Å². The Kier molecular flexibility index (Phi) is 3.91. The molecule has 112 valence electrons. The lowest BCUT2D eigenvalue weighted by molar-refractivity contribution is 0.566. The second kappa shape index (κ2) is 5.37. The molecule has 0 unspecified atom stereocenters. The van der Waals surface area contributed by atoms with Crippen molar-refractivity contribution in [3.05, 3.63) is 53.3 Å². The number of sulfonamides is 1. The summed E-state index contributed by atoms with van der Waals surface area (Å²) in [6.45, 7) is 3.75. The zero-order valence-corrected chi connectivity index (χ0v) is 12.9. The van der Waals surface area contributed by atoms with Crippen LogP contribution in [0.3, 0.4) is 0 Å². The Hall–Kier alpha value is -2.08. The Labute approximate surface area is 124 Å². The van der Waals surface area contributed by atoms with Gasteiger partial charge in [0.25, 0.3) is 10.0 Å². The summed E-state index contributed by atoms with van der Waals surface area (Å²) in [6.07, 6.45) is 0. The molecule has 0 saturated heterocycles. The lowest BCUT2D eigenvalue weighted by atomic mass is 10.1. The maximum atomic E-state index is 13.8. The van der Waals surface area contributed by atoms with Crippen molar-refractivity contribution in [2.45, 2.75) is 18.7 Å². The van der Waals surface area contributed by atoms with Crippen molar-refractivity contribution in [1.29, 1.82) is 0 Å². The topological polar surface area (TPSA) is 63.4 Å². The average molecular weight is 308 g/mol. The number of hydrogen-bond donors (Lipinski definition) is 1. The second-order valence-electron chi connectivity index (χ2n) is 5.01. The van der Waals surface area contributed by atoms with Gasteiger partial charge >= 0.3 is 0 Å². The summed E-state index contributed by atoms with van der Waals surface area (Å²) < 4.78 is 40.0. The molecule has 0 fully saturated rings. The van der Waals surface area contributed by atoms with Gasteiger partial charge < -0.3 is 5.73 Å². The number of nitrogens with two attached hydrogens (primary N) is 1. The molecule has 0 radical (unpaired) electrons. The second-order valence-corrected chi connectivity index (χ2v) is 6.95. The molecule has 0 amide bonds. The number of nitrogen functional groups attached to an aromatic ring is 1. The third-order valence-corrected chi connectivity index (χ3v) is 4.96. The zero-order chi connectivity index (χ0) is 15.8. The van der Waals surface area contributed by atoms with Crippen molar-refractivity contribution in [3.8, 4) is 0 Å². The minimum absolute atomic E-state index is 0.198. The highest BCUT2D eigenvalue weighted by Gasteiger charge is 2.25. The highest BCUT2D eigenvalue weighted by molar-refractivity contribution is 7.92. The Morgan fingerprint density at radius 1 is 1.05 bits per heavy atom. The third-order valence-electron chi connectivity index (χ3n) is 3.16. The fourth-order valence-corrected chi connectivity index (χ4v) is 3.41. The van der Waals surface area contributed by atoms with Gasteiger partial charge in [0.05, 0.1) is 5.69 Å². The third kappa shape index (κ3) is 3.00. The first kappa shape index (κ1) is 15.3. The predicted molar refractivity (Wildman–Crippen MR) is 82.3 cm³/mol. The Morgan fingerprint density at radius 2 is 1.62 bits per heavy atom. The molecule has 6 heteroatoms. The van der Waals surface area contributed by atoms with Crippen molar-refractivity contribution < 1.29 is 12.8 Å². The predicted octanol–water partition coefficient (Wildman–Crippen LogP) is 2.85. The summed E-state index contributed by atoms with van der Waals surface area (Å²) >= 11 is 0. The van der Waals surface area contributed by atoms with Crippen LogP contribution >= 0.6 is 0 Å². The Bertz CT molecular complexity index is 768. The van der Waals surface area contributed by atoms with Crippen LogP contribution in [-0.2, 0) is 10.0 Å². The molecule has 0 aliphatic carbocycles. The summed E-state index contributed by atoms with van der Waals surface area (Å²) in [5.41, 5.74) is 8.10. The van der Waals surface area contributed by atoms with Crippen molar-refractivity contribution in [1.82, 2.24) is 0 Å². The van der Waals surface area contributed by atoms with Crippen LogP contribution in [0.1, 0.15) is 11.1 Å². The standard InChI is InChI=1S/C15H17FN2O2S/c1-10-6-11(2)8-13(7-10)18(3)21(19,20)15-9-12(17)4-5-14(15)16/h4-9H,17H2,1-3H3. The van der Waals surface area contributed by atoms with Gasteiger partial charge in [-0.1, -0.05) is 6.07 Å². The maximum absolute atomic E-state index is 13.8. The molecule has 2 aromatic rings. The van der Waals surface area contributed by atoms with Gasteiger partial charge in [0, 0.05) is 12.7 Å². The van der Waals surface area contributed by atoms with Crippen LogP contribution in [0.5, 0.6) is 0 Å². The molecule has 0 heterocycles. The Balaban J connectivity index is 2.55. The van der Waals surface area contributed by atoms with E-state index in [1.165, 1.54) is 13.1 Å². The van der Waals surface area contributed by atoms with Gasteiger partial charge in [-0.3, -0.25) is 4.31 Å². The fourth-order valence-electron chi connectivity index (χ4n) is 2.14. The van der Waals surface area contributed by atoms with E-state index in [-0.39, 0.29) is 5.69 Å². The van der Waals surface area contributed by atoms with Crippen LogP contribution in [0.2, 0.25) is 0 Å². The molecule has 2 aromatic carbocycles. The monoisotopic (exact) mass is 308 g/mol. The molecule has 0 atom stereocenters. The summed E-state index contributed by atoms with van der Waals surface area (Å²) in [7, 11) is -2.61. The zero-order valence-electron chi connectivity index (χ0n) is 12.1. The van der Waals surface area contributed by atoms with Crippen LogP contribution in [0, 0.1) is 19.7 Å². The number of halogens is 1. The molecule has 0 spiro atoms. The van der Waals surface area contributed by atoms with E-state index in [1.54, 1.807) is 12.1 Å². The summed E-state index contributed by atoms with van der Waals surface area (Å²) in [5, 5.41) is 0. The van der Waals surface area contributed by atoms with E-state index >= 15 is 0 Å². The number of hydrogen-bond acceptors (Lipinski definition) is 3.